The van der Waals surface area contributed by atoms with Crippen molar-refractivity contribution in [2.75, 3.05) is 32.8 Å². The molecule has 1 amide bonds. The first-order chi connectivity index (χ1) is 16.0. The number of nitriles is 1. The molecule has 1 saturated heterocycles. The number of hydrogen-bond acceptors (Lipinski definition) is 6. The first-order valence-corrected chi connectivity index (χ1v) is 11.5. The van der Waals surface area contributed by atoms with E-state index in [2.05, 4.69) is 39.3 Å². The molecule has 2 aliphatic rings. The number of ether oxygens (including phenoxy) is 1. The number of rotatable bonds is 5. The standard InChI is InChI=1S/C25H28N6O2/c1-17-22(18(2)31-25(28-17)21(14-26)15-27-31)4-6-24(32)30-10-8-29(9-11-30)16-19-3-5-23-20(13-19)7-12-33-23/h3,5,13,15H,4,6-12,16H2,1-2H3. The molecule has 3 aromatic rings. The van der Waals surface area contributed by atoms with Crippen molar-refractivity contribution in [3.8, 4) is 11.8 Å². The van der Waals surface area contributed by atoms with Crippen molar-refractivity contribution in [2.45, 2.75) is 39.7 Å². The highest BCUT2D eigenvalue weighted by molar-refractivity contribution is 5.76. The predicted octanol–water partition coefficient (Wildman–Crippen LogP) is 2.43. The number of carbonyl (C=O) groups is 1. The van der Waals surface area contributed by atoms with Gasteiger partial charge in [-0.25, -0.2) is 9.50 Å². The Hall–Kier alpha value is -3.44. The van der Waals surface area contributed by atoms with Crippen molar-refractivity contribution >= 4 is 11.6 Å². The molecule has 5 rings (SSSR count). The lowest BCUT2D eigenvalue weighted by Gasteiger charge is -2.35. The number of hydrogen-bond donors (Lipinski definition) is 0. The fourth-order valence-corrected chi connectivity index (χ4v) is 4.89. The van der Waals surface area contributed by atoms with Crippen LogP contribution < -0.4 is 4.74 Å². The van der Waals surface area contributed by atoms with Crippen LogP contribution >= 0.6 is 0 Å². The van der Waals surface area contributed by atoms with Gasteiger partial charge in [0.15, 0.2) is 5.65 Å². The monoisotopic (exact) mass is 444 g/mol. The molecule has 33 heavy (non-hydrogen) atoms. The zero-order chi connectivity index (χ0) is 22.9. The molecule has 0 radical (unpaired) electrons. The van der Waals surface area contributed by atoms with Gasteiger partial charge in [0.1, 0.15) is 17.4 Å². The molecule has 0 bridgehead atoms. The number of nitrogens with zero attached hydrogens (tertiary/aromatic N) is 6. The molecule has 0 N–H and O–H groups in total. The van der Waals surface area contributed by atoms with Crippen LogP contribution in [-0.2, 0) is 24.2 Å². The number of amides is 1. The van der Waals surface area contributed by atoms with Crippen LogP contribution in [0, 0.1) is 25.2 Å². The third kappa shape index (κ3) is 4.16. The van der Waals surface area contributed by atoms with Crippen LogP contribution in [0.25, 0.3) is 5.65 Å². The topological polar surface area (TPSA) is 86.8 Å². The van der Waals surface area contributed by atoms with Crippen molar-refractivity contribution in [1.82, 2.24) is 24.4 Å². The Bertz CT molecular complexity index is 1250. The second-order valence-corrected chi connectivity index (χ2v) is 8.86. The van der Waals surface area contributed by atoms with Crippen LogP contribution in [0.5, 0.6) is 5.75 Å². The number of aromatic nitrogens is 3. The van der Waals surface area contributed by atoms with Crippen molar-refractivity contribution in [3.63, 3.8) is 0 Å². The van der Waals surface area contributed by atoms with Gasteiger partial charge in [0.05, 0.1) is 12.8 Å². The summed E-state index contributed by atoms with van der Waals surface area (Å²) in [5, 5.41) is 13.5. The minimum absolute atomic E-state index is 0.182. The van der Waals surface area contributed by atoms with Gasteiger partial charge in [-0.3, -0.25) is 9.69 Å². The van der Waals surface area contributed by atoms with E-state index in [0.29, 0.717) is 24.1 Å². The normalized spacial score (nSPS) is 16.0. The van der Waals surface area contributed by atoms with Gasteiger partial charge in [0.25, 0.3) is 0 Å². The maximum Gasteiger partial charge on any atom is 0.222 e. The minimum Gasteiger partial charge on any atom is -0.493 e. The molecule has 2 aromatic heterocycles. The summed E-state index contributed by atoms with van der Waals surface area (Å²) in [6, 6.07) is 8.62. The van der Waals surface area contributed by atoms with Crippen LogP contribution in [0.2, 0.25) is 0 Å². The third-order valence-electron chi connectivity index (χ3n) is 6.80. The van der Waals surface area contributed by atoms with E-state index in [1.54, 1.807) is 10.7 Å². The first kappa shape index (κ1) is 21.4. The quantitative estimate of drug-likeness (QED) is 0.601. The van der Waals surface area contributed by atoms with Crippen LogP contribution in [0.3, 0.4) is 0 Å². The maximum atomic E-state index is 12.9. The molecule has 170 valence electrons. The van der Waals surface area contributed by atoms with Crippen LogP contribution in [-0.4, -0.2) is 63.1 Å². The fourth-order valence-electron chi connectivity index (χ4n) is 4.89. The first-order valence-electron chi connectivity index (χ1n) is 11.5. The van der Waals surface area contributed by atoms with Crippen molar-refractivity contribution < 1.29 is 9.53 Å². The zero-order valence-corrected chi connectivity index (χ0v) is 19.2. The molecule has 0 unspecified atom stereocenters. The number of aryl methyl sites for hydroxylation is 2. The zero-order valence-electron chi connectivity index (χ0n) is 19.2. The summed E-state index contributed by atoms with van der Waals surface area (Å²) in [5.74, 6) is 1.20. The summed E-state index contributed by atoms with van der Waals surface area (Å²) in [5.41, 5.74) is 6.49. The van der Waals surface area contributed by atoms with E-state index in [0.717, 1.165) is 68.5 Å². The molecule has 2 aliphatic heterocycles. The highest BCUT2D eigenvalue weighted by atomic mass is 16.5. The second kappa shape index (κ2) is 8.83. The molecule has 1 aromatic carbocycles. The average molecular weight is 445 g/mol. The number of carbonyl (C=O) groups excluding carboxylic acids is 1. The summed E-state index contributed by atoms with van der Waals surface area (Å²) in [4.78, 5) is 21.9. The van der Waals surface area contributed by atoms with Gasteiger partial charge in [0.2, 0.25) is 5.91 Å². The number of fused-ring (bicyclic) bond motifs is 2. The summed E-state index contributed by atoms with van der Waals surface area (Å²) in [6.07, 6.45) is 3.61. The molecule has 0 aliphatic carbocycles. The van der Waals surface area contributed by atoms with Crippen molar-refractivity contribution in [2.24, 2.45) is 0 Å². The summed E-state index contributed by atoms with van der Waals surface area (Å²) >= 11 is 0. The van der Waals surface area contributed by atoms with Crippen LogP contribution in [0.15, 0.2) is 24.4 Å². The minimum atomic E-state index is 0.182. The van der Waals surface area contributed by atoms with E-state index < -0.39 is 0 Å². The van der Waals surface area contributed by atoms with Gasteiger partial charge < -0.3 is 9.64 Å². The third-order valence-corrected chi connectivity index (χ3v) is 6.80. The number of piperazine rings is 1. The largest absolute Gasteiger partial charge is 0.493 e. The van der Waals surface area contributed by atoms with Crippen molar-refractivity contribution in [3.05, 3.63) is 58.0 Å². The maximum absolute atomic E-state index is 12.9. The molecule has 0 saturated carbocycles. The lowest BCUT2D eigenvalue weighted by atomic mass is 10.1. The SMILES string of the molecule is Cc1nc2c(C#N)cnn2c(C)c1CCC(=O)N1CCN(Cc2ccc3c(c2)CCO3)CC1. The Morgan fingerprint density at radius 2 is 2.03 bits per heavy atom. The van der Waals surface area contributed by atoms with Gasteiger partial charge in [0, 0.05) is 57.0 Å². The Morgan fingerprint density at radius 1 is 1.21 bits per heavy atom. The van der Waals surface area contributed by atoms with Gasteiger partial charge in [-0.2, -0.15) is 10.4 Å². The molecule has 4 heterocycles. The van der Waals surface area contributed by atoms with Gasteiger partial charge in [-0.1, -0.05) is 12.1 Å². The smallest absolute Gasteiger partial charge is 0.222 e. The lowest BCUT2D eigenvalue weighted by Crippen LogP contribution is -2.48. The van der Waals surface area contributed by atoms with E-state index in [4.69, 9.17) is 4.74 Å². The fraction of sp³-hybridized carbons (Fsp3) is 0.440. The Balaban J connectivity index is 1.16. The molecule has 8 heteroatoms. The molecule has 0 atom stereocenters. The highest BCUT2D eigenvalue weighted by Gasteiger charge is 2.23. The molecular formula is C25H28N6O2. The van der Waals surface area contributed by atoms with Crippen LogP contribution in [0.1, 0.15) is 40.1 Å². The van der Waals surface area contributed by atoms with Gasteiger partial charge in [-0.15, -0.1) is 0 Å². The highest BCUT2D eigenvalue weighted by Crippen LogP contribution is 2.26. The number of benzene rings is 1. The summed E-state index contributed by atoms with van der Waals surface area (Å²) < 4.78 is 7.31. The molecular weight excluding hydrogens is 416 g/mol. The molecule has 1 fully saturated rings. The second-order valence-electron chi connectivity index (χ2n) is 8.86. The molecule has 0 spiro atoms. The Labute approximate surface area is 193 Å². The average Bonchev–Trinajstić information content (AvgIpc) is 3.45. The Morgan fingerprint density at radius 3 is 2.82 bits per heavy atom. The summed E-state index contributed by atoms with van der Waals surface area (Å²) in [6.45, 7) is 8.88. The van der Waals surface area contributed by atoms with Crippen LogP contribution in [0.4, 0.5) is 0 Å². The van der Waals surface area contributed by atoms with Gasteiger partial charge >= 0.3 is 0 Å². The van der Waals surface area contributed by atoms with E-state index in [1.807, 2.05) is 18.7 Å². The summed E-state index contributed by atoms with van der Waals surface area (Å²) in [7, 11) is 0. The van der Waals surface area contributed by atoms with E-state index in [-0.39, 0.29) is 5.91 Å². The Kier molecular flexibility index (Phi) is 5.73. The predicted molar refractivity (Wildman–Crippen MR) is 123 cm³/mol. The van der Waals surface area contributed by atoms with Gasteiger partial charge in [-0.05, 0) is 43.0 Å². The molecule has 8 nitrogen and oxygen atoms in total. The lowest BCUT2D eigenvalue weighted by molar-refractivity contribution is -0.133. The van der Waals surface area contributed by atoms with E-state index in [1.165, 1.54) is 11.1 Å². The van der Waals surface area contributed by atoms with E-state index in [9.17, 15) is 10.1 Å². The van der Waals surface area contributed by atoms with E-state index >= 15 is 0 Å². The van der Waals surface area contributed by atoms with Crippen molar-refractivity contribution in [1.29, 1.82) is 5.26 Å².